The molecule has 1 aromatic carbocycles. The normalized spacial score (nSPS) is 19.3. The van der Waals surface area contributed by atoms with E-state index in [0.717, 1.165) is 47.2 Å². The third-order valence-corrected chi connectivity index (χ3v) is 6.09. The number of aromatic nitrogens is 2. The van der Waals surface area contributed by atoms with Gasteiger partial charge < -0.3 is 14.8 Å². The number of carbonyl (C=O) groups is 1. The summed E-state index contributed by atoms with van der Waals surface area (Å²) in [5.74, 6) is -0.0434. The number of carbonyl (C=O) groups excluding carboxylic acids is 1. The fraction of sp³-hybridized carbons (Fsp3) is 0.409. The van der Waals surface area contributed by atoms with E-state index in [1.54, 1.807) is 18.8 Å². The maximum atomic E-state index is 13.1. The van der Waals surface area contributed by atoms with Gasteiger partial charge in [-0.05, 0) is 37.8 Å². The first-order valence-corrected chi connectivity index (χ1v) is 10.8. The van der Waals surface area contributed by atoms with Gasteiger partial charge in [-0.3, -0.25) is 9.78 Å². The summed E-state index contributed by atoms with van der Waals surface area (Å²) in [4.78, 5) is 23.0. The van der Waals surface area contributed by atoms with Gasteiger partial charge in [0, 0.05) is 24.7 Å². The Labute approximate surface area is 174 Å². The van der Waals surface area contributed by atoms with Crippen molar-refractivity contribution in [3.8, 4) is 10.6 Å². The molecule has 0 spiro atoms. The van der Waals surface area contributed by atoms with Crippen LogP contribution >= 0.6 is 11.3 Å². The zero-order valence-corrected chi connectivity index (χ0v) is 17.3. The summed E-state index contributed by atoms with van der Waals surface area (Å²) >= 11 is 1.52. The van der Waals surface area contributed by atoms with Gasteiger partial charge in [-0.1, -0.05) is 18.2 Å². The van der Waals surface area contributed by atoms with E-state index in [1.807, 2.05) is 30.3 Å². The second-order valence-corrected chi connectivity index (χ2v) is 8.13. The van der Waals surface area contributed by atoms with Gasteiger partial charge in [0.05, 0.1) is 46.5 Å². The predicted octanol–water partition coefficient (Wildman–Crippen LogP) is 4.06. The number of nitrogens with zero attached hydrogens (tertiary/aromatic N) is 2. The fourth-order valence-electron chi connectivity index (χ4n) is 3.77. The number of thiazole rings is 1. The smallest absolute Gasteiger partial charge is 0.252 e. The number of fused-ring (bicyclic) bond motifs is 1. The minimum Gasteiger partial charge on any atom is -0.382 e. The van der Waals surface area contributed by atoms with Crippen molar-refractivity contribution in [1.29, 1.82) is 0 Å². The Balaban J connectivity index is 1.47. The van der Waals surface area contributed by atoms with E-state index in [2.05, 4.69) is 10.3 Å². The highest BCUT2D eigenvalue weighted by atomic mass is 32.1. The van der Waals surface area contributed by atoms with Crippen LogP contribution in [0.25, 0.3) is 21.5 Å². The van der Waals surface area contributed by atoms with E-state index in [1.165, 1.54) is 11.3 Å². The fourth-order valence-corrected chi connectivity index (χ4v) is 4.35. The van der Waals surface area contributed by atoms with Gasteiger partial charge in [-0.15, -0.1) is 11.3 Å². The second kappa shape index (κ2) is 9.43. The Kier molecular flexibility index (Phi) is 6.49. The number of hydrogen-bond donors (Lipinski definition) is 1. The van der Waals surface area contributed by atoms with Crippen LogP contribution < -0.4 is 5.32 Å². The maximum absolute atomic E-state index is 13.1. The van der Waals surface area contributed by atoms with Crippen LogP contribution in [0.3, 0.4) is 0 Å². The third kappa shape index (κ3) is 4.80. The van der Waals surface area contributed by atoms with Crippen molar-refractivity contribution in [2.75, 3.05) is 20.3 Å². The summed E-state index contributed by atoms with van der Waals surface area (Å²) in [6.45, 7) is 1.25. The molecule has 2 aromatic heterocycles. The molecular weight excluding hydrogens is 386 g/mol. The largest absolute Gasteiger partial charge is 0.382 e. The van der Waals surface area contributed by atoms with Crippen LogP contribution in [0.15, 0.2) is 42.0 Å². The molecule has 0 atom stereocenters. The lowest BCUT2D eigenvalue weighted by atomic mass is 9.92. The molecule has 1 aliphatic rings. The van der Waals surface area contributed by atoms with E-state index in [0.29, 0.717) is 18.8 Å². The quantitative estimate of drug-likeness (QED) is 0.594. The predicted molar refractivity (Wildman–Crippen MR) is 114 cm³/mol. The summed E-state index contributed by atoms with van der Waals surface area (Å²) < 4.78 is 10.9. The summed E-state index contributed by atoms with van der Waals surface area (Å²) in [7, 11) is 1.68. The van der Waals surface area contributed by atoms with Crippen LogP contribution in [0.1, 0.15) is 36.0 Å². The number of methoxy groups -OCH3 is 1. The molecule has 4 rings (SSSR count). The Morgan fingerprint density at radius 3 is 2.79 bits per heavy atom. The number of ether oxygens (including phenoxy) is 2. The lowest BCUT2D eigenvalue weighted by Gasteiger charge is -2.29. The van der Waals surface area contributed by atoms with E-state index in [9.17, 15) is 4.79 Å². The first kappa shape index (κ1) is 19.9. The molecule has 0 radical (unpaired) electrons. The van der Waals surface area contributed by atoms with Crippen LogP contribution in [0.2, 0.25) is 0 Å². The van der Waals surface area contributed by atoms with Crippen molar-refractivity contribution in [2.45, 2.75) is 37.8 Å². The van der Waals surface area contributed by atoms with Gasteiger partial charge in [-0.25, -0.2) is 4.98 Å². The standard InChI is InChI=1S/C22H25N3O3S/c1-27-10-11-28-16-8-6-15(7-9-16)24-22(26)18-12-20(21-13-23-14-29-21)25-19-5-3-2-4-17(18)19/h2-5,12-16H,6-11H2,1H3,(H,24,26). The maximum Gasteiger partial charge on any atom is 0.252 e. The average Bonchev–Trinajstić information content (AvgIpc) is 3.29. The summed E-state index contributed by atoms with van der Waals surface area (Å²) in [5, 5.41) is 4.10. The first-order chi connectivity index (χ1) is 14.2. The van der Waals surface area contributed by atoms with Crippen molar-refractivity contribution in [3.63, 3.8) is 0 Å². The van der Waals surface area contributed by atoms with Crippen molar-refractivity contribution in [3.05, 3.63) is 47.6 Å². The Bertz CT molecular complexity index is 953. The molecule has 1 saturated carbocycles. The lowest BCUT2D eigenvalue weighted by molar-refractivity contribution is -0.00408. The molecule has 7 heteroatoms. The summed E-state index contributed by atoms with van der Waals surface area (Å²) in [6.07, 6.45) is 5.81. The second-order valence-electron chi connectivity index (χ2n) is 7.25. The SMILES string of the molecule is COCCOC1CCC(NC(=O)c2cc(-c3cncs3)nc3ccccc23)CC1. The van der Waals surface area contributed by atoms with E-state index < -0.39 is 0 Å². The van der Waals surface area contributed by atoms with Crippen molar-refractivity contribution < 1.29 is 14.3 Å². The monoisotopic (exact) mass is 411 g/mol. The van der Waals surface area contributed by atoms with Gasteiger partial charge in [0.1, 0.15) is 0 Å². The van der Waals surface area contributed by atoms with Gasteiger partial charge in [0.15, 0.2) is 0 Å². The molecule has 29 heavy (non-hydrogen) atoms. The Morgan fingerprint density at radius 2 is 2.03 bits per heavy atom. The zero-order valence-electron chi connectivity index (χ0n) is 16.5. The van der Waals surface area contributed by atoms with Crippen molar-refractivity contribution >= 4 is 28.1 Å². The highest BCUT2D eigenvalue weighted by Crippen LogP contribution is 2.28. The van der Waals surface area contributed by atoms with Gasteiger partial charge in [-0.2, -0.15) is 0 Å². The molecule has 1 amide bonds. The van der Waals surface area contributed by atoms with Gasteiger partial charge in [0.2, 0.25) is 0 Å². The highest BCUT2D eigenvalue weighted by Gasteiger charge is 2.24. The van der Waals surface area contributed by atoms with Crippen LogP contribution in [0.4, 0.5) is 0 Å². The minimum absolute atomic E-state index is 0.0434. The summed E-state index contributed by atoms with van der Waals surface area (Å²) in [5.41, 5.74) is 4.04. The van der Waals surface area contributed by atoms with Crippen LogP contribution in [0.5, 0.6) is 0 Å². The molecule has 0 bridgehead atoms. The number of nitrogens with one attached hydrogen (secondary N) is 1. The summed E-state index contributed by atoms with van der Waals surface area (Å²) in [6, 6.07) is 9.83. The zero-order chi connectivity index (χ0) is 20.1. The molecule has 3 aromatic rings. The minimum atomic E-state index is -0.0434. The number of benzene rings is 1. The molecule has 0 saturated heterocycles. The Hall–Kier alpha value is -2.35. The molecule has 0 aliphatic heterocycles. The van der Waals surface area contributed by atoms with E-state index in [4.69, 9.17) is 14.5 Å². The number of para-hydroxylation sites is 1. The number of pyridine rings is 1. The van der Waals surface area contributed by atoms with Crippen molar-refractivity contribution in [1.82, 2.24) is 15.3 Å². The molecule has 0 unspecified atom stereocenters. The molecule has 2 heterocycles. The number of hydrogen-bond acceptors (Lipinski definition) is 6. The van der Waals surface area contributed by atoms with Gasteiger partial charge in [0.25, 0.3) is 5.91 Å². The number of amides is 1. The van der Waals surface area contributed by atoms with Crippen molar-refractivity contribution in [2.24, 2.45) is 0 Å². The highest BCUT2D eigenvalue weighted by molar-refractivity contribution is 7.13. The Morgan fingerprint density at radius 1 is 1.21 bits per heavy atom. The van der Waals surface area contributed by atoms with Crippen LogP contribution in [0, 0.1) is 0 Å². The van der Waals surface area contributed by atoms with Crippen LogP contribution in [-0.4, -0.2) is 48.3 Å². The molecule has 152 valence electrons. The molecular formula is C22H25N3O3S. The van der Waals surface area contributed by atoms with E-state index in [-0.39, 0.29) is 18.1 Å². The third-order valence-electron chi connectivity index (χ3n) is 5.30. The average molecular weight is 412 g/mol. The topological polar surface area (TPSA) is 73.3 Å². The van der Waals surface area contributed by atoms with Crippen LogP contribution in [-0.2, 0) is 9.47 Å². The lowest BCUT2D eigenvalue weighted by Crippen LogP contribution is -2.39. The molecule has 1 N–H and O–H groups in total. The number of rotatable bonds is 7. The molecule has 1 fully saturated rings. The van der Waals surface area contributed by atoms with E-state index >= 15 is 0 Å². The molecule has 6 nitrogen and oxygen atoms in total. The first-order valence-electron chi connectivity index (χ1n) is 9.94. The van der Waals surface area contributed by atoms with Gasteiger partial charge >= 0.3 is 0 Å². The molecule has 1 aliphatic carbocycles.